The summed E-state index contributed by atoms with van der Waals surface area (Å²) >= 11 is 0. The molecule has 5 atom stereocenters. The summed E-state index contributed by atoms with van der Waals surface area (Å²) in [5.41, 5.74) is -4.04. The Morgan fingerprint density at radius 1 is 1.00 bits per heavy atom. The molecule has 1 amide bonds. The van der Waals surface area contributed by atoms with E-state index in [1.165, 1.54) is 31.2 Å². The predicted octanol–water partition coefficient (Wildman–Crippen LogP) is 5.58. The normalized spacial score (nSPS) is 29.0. The minimum Gasteiger partial charge on any atom is -0.380 e. The average molecular weight is 519 g/mol. The fraction of sp³-hybridized carbons (Fsp3) is 0.480. The molecule has 2 aromatic carbocycles. The van der Waals surface area contributed by atoms with Crippen LogP contribution in [0.15, 0.2) is 42.5 Å². The first-order valence-corrected chi connectivity index (χ1v) is 11.3. The molecule has 1 saturated carbocycles. The molecular weight excluding hydrogens is 495 g/mol. The third-order valence-electron chi connectivity index (χ3n) is 6.95. The molecule has 0 aromatic heterocycles. The molecule has 2 fully saturated rings. The highest BCUT2D eigenvalue weighted by atomic mass is 19.4. The monoisotopic (exact) mass is 519 g/mol. The summed E-state index contributed by atoms with van der Waals surface area (Å²) in [6, 6.07) is 6.45. The molecule has 1 saturated heterocycles. The van der Waals surface area contributed by atoms with Crippen molar-refractivity contribution in [2.75, 3.05) is 0 Å². The van der Waals surface area contributed by atoms with E-state index in [9.17, 15) is 40.6 Å². The van der Waals surface area contributed by atoms with Crippen molar-refractivity contribution in [3.05, 3.63) is 70.5 Å². The average Bonchev–Trinajstić information content (AvgIpc) is 3.31. The van der Waals surface area contributed by atoms with Crippen LogP contribution < -0.4 is 5.32 Å². The topological polar surface area (TPSA) is 58.6 Å². The lowest BCUT2D eigenvalue weighted by atomic mass is 9.81. The molecule has 4 rings (SSSR count). The maximum absolute atomic E-state index is 13.6. The fourth-order valence-electron chi connectivity index (χ4n) is 5.24. The molecule has 1 aliphatic heterocycles. The van der Waals surface area contributed by atoms with Gasteiger partial charge in [0.25, 0.3) is 5.91 Å². The first-order valence-electron chi connectivity index (χ1n) is 11.3. The first kappa shape index (κ1) is 26.4. The highest BCUT2D eigenvalue weighted by molar-refractivity contribution is 5.87. The number of rotatable bonds is 5. The quantitative estimate of drug-likeness (QED) is 0.507. The van der Waals surface area contributed by atoms with Gasteiger partial charge in [-0.05, 0) is 67.1 Å². The van der Waals surface area contributed by atoms with Crippen LogP contribution in [0.3, 0.4) is 0 Å². The number of ether oxygens (including phenoxy) is 1. The molecule has 2 N–H and O–H groups in total. The minimum atomic E-state index is -4.97. The number of amides is 1. The van der Waals surface area contributed by atoms with Crippen LogP contribution in [0.2, 0.25) is 0 Å². The zero-order valence-electron chi connectivity index (χ0n) is 19.1. The lowest BCUT2D eigenvalue weighted by molar-refractivity contribution is -0.143. The second-order valence-electron chi connectivity index (χ2n) is 9.64. The molecule has 1 unspecified atom stereocenters. The second-order valence-corrected chi connectivity index (χ2v) is 9.64. The number of carbonyl (C=O) groups is 1. The van der Waals surface area contributed by atoms with Gasteiger partial charge in [0.2, 0.25) is 0 Å². The molecule has 11 heteroatoms. The fourth-order valence-corrected chi connectivity index (χ4v) is 5.24. The Balaban J connectivity index is 1.60. The summed E-state index contributed by atoms with van der Waals surface area (Å²) in [4.78, 5) is 12.1. The number of halogens is 7. The Morgan fingerprint density at radius 2 is 1.58 bits per heavy atom. The van der Waals surface area contributed by atoms with Gasteiger partial charge in [-0.2, -0.15) is 26.3 Å². The number of nitrogens with one attached hydrogen (secondary N) is 1. The summed E-state index contributed by atoms with van der Waals surface area (Å²) in [5.74, 6) is -1.69. The van der Waals surface area contributed by atoms with Crippen molar-refractivity contribution in [3.63, 3.8) is 0 Å². The minimum absolute atomic E-state index is 0.0606. The smallest absolute Gasteiger partial charge is 0.380 e. The molecule has 2 aliphatic rings. The van der Waals surface area contributed by atoms with Gasteiger partial charge in [-0.25, -0.2) is 4.39 Å². The van der Waals surface area contributed by atoms with E-state index in [4.69, 9.17) is 4.74 Å². The van der Waals surface area contributed by atoms with Crippen LogP contribution >= 0.6 is 0 Å². The van der Waals surface area contributed by atoms with Crippen LogP contribution in [0.4, 0.5) is 30.7 Å². The van der Waals surface area contributed by atoms with E-state index in [1.807, 2.05) is 0 Å². The highest BCUT2D eigenvalue weighted by Gasteiger charge is 2.50. The number of hydrogen-bond acceptors (Lipinski definition) is 3. The molecular formula is C25H24F7NO3. The number of alkyl halides is 6. The van der Waals surface area contributed by atoms with Gasteiger partial charge < -0.3 is 15.2 Å². The Morgan fingerprint density at radius 3 is 2.08 bits per heavy atom. The molecule has 1 aliphatic carbocycles. The van der Waals surface area contributed by atoms with Crippen molar-refractivity contribution < 1.29 is 45.4 Å². The standard InChI is InChI=1S/C25H24F7NO3/c1-23(35)11-19(33-22(23)34)18-6-7-20(21(18)14-2-4-17(26)5-3-14)36-12-13-8-15(24(27,28)29)10-16(9-13)25(30,31)32/h2-5,8-10,18-21,35H,6-7,11-12H2,1H3,(H,33,34)/t18?,19-,20+,21+,23-/m1/s1. The maximum Gasteiger partial charge on any atom is 0.416 e. The maximum atomic E-state index is 13.6. The summed E-state index contributed by atoms with van der Waals surface area (Å²) in [6.45, 7) is 0.890. The summed E-state index contributed by atoms with van der Waals surface area (Å²) in [5, 5.41) is 13.1. The van der Waals surface area contributed by atoms with Crippen molar-refractivity contribution in [3.8, 4) is 0 Å². The molecule has 36 heavy (non-hydrogen) atoms. The summed E-state index contributed by atoms with van der Waals surface area (Å²) in [6.07, 6.45) is -9.50. The zero-order chi connectivity index (χ0) is 26.5. The highest BCUT2D eigenvalue weighted by Crippen LogP contribution is 2.46. The van der Waals surface area contributed by atoms with Gasteiger partial charge in [-0.3, -0.25) is 4.79 Å². The molecule has 0 radical (unpaired) electrons. The van der Waals surface area contributed by atoms with E-state index in [1.54, 1.807) is 0 Å². The Labute approximate surface area is 202 Å². The molecule has 2 aromatic rings. The van der Waals surface area contributed by atoms with E-state index in [2.05, 4.69) is 5.32 Å². The van der Waals surface area contributed by atoms with E-state index in [0.29, 0.717) is 30.5 Å². The van der Waals surface area contributed by atoms with Gasteiger partial charge in [-0.1, -0.05) is 12.1 Å². The number of aliphatic hydroxyl groups is 1. The lowest BCUT2D eigenvalue weighted by Gasteiger charge is -2.29. The van der Waals surface area contributed by atoms with Crippen molar-refractivity contribution in [1.82, 2.24) is 5.32 Å². The van der Waals surface area contributed by atoms with Crippen molar-refractivity contribution in [1.29, 1.82) is 0 Å². The Bertz CT molecular complexity index is 1080. The van der Waals surface area contributed by atoms with Crippen molar-refractivity contribution in [2.24, 2.45) is 5.92 Å². The van der Waals surface area contributed by atoms with E-state index in [-0.39, 0.29) is 24.0 Å². The van der Waals surface area contributed by atoms with Crippen LogP contribution in [0.1, 0.15) is 54.4 Å². The third kappa shape index (κ3) is 5.51. The largest absolute Gasteiger partial charge is 0.416 e. The van der Waals surface area contributed by atoms with Crippen LogP contribution in [-0.2, 0) is 28.5 Å². The van der Waals surface area contributed by atoms with Gasteiger partial charge in [-0.15, -0.1) is 0 Å². The predicted molar refractivity (Wildman–Crippen MR) is 114 cm³/mol. The van der Waals surface area contributed by atoms with Crippen LogP contribution in [-0.4, -0.2) is 28.8 Å². The SMILES string of the molecule is C[C@@]1(O)C[C@H](C2CC[C@H](OCc3cc(C(F)(F)F)cc(C(F)(F)F)c3)[C@H]2c2ccc(F)cc2)NC1=O. The van der Waals surface area contributed by atoms with Gasteiger partial charge in [0.05, 0.1) is 23.8 Å². The van der Waals surface area contributed by atoms with E-state index in [0.717, 1.165) is 0 Å². The van der Waals surface area contributed by atoms with E-state index < -0.39 is 65.5 Å². The number of carbonyl (C=O) groups excluding carboxylic acids is 1. The Hall–Kier alpha value is -2.66. The van der Waals surface area contributed by atoms with Crippen LogP contribution in [0.25, 0.3) is 0 Å². The third-order valence-corrected chi connectivity index (χ3v) is 6.95. The van der Waals surface area contributed by atoms with Gasteiger partial charge in [0.15, 0.2) is 0 Å². The van der Waals surface area contributed by atoms with Crippen LogP contribution in [0.5, 0.6) is 0 Å². The number of benzene rings is 2. The van der Waals surface area contributed by atoms with Gasteiger partial charge in [0, 0.05) is 18.4 Å². The van der Waals surface area contributed by atoms with Gasteiger partial charge in [0.1, 0.15) is 11.4 Å². The first-order chi connectivity index (χ1) is 16.6. The Kier molecular flexibility index (Phi) is 6.85. The van der Waals surface area contributed by atoms with Crippen molar-refractivity contribution in [2.45, 2.75) is 68.8 Å². The molecule has 0 spiro atoms. The zero-order valence-corrected chi connectivity index (χ0v) is 19.1. The lowest BCUT2D eigenvalue weighted by Crippen LogP contribution is -2.37. The molecule has 1 heterocycles. The van der Waals surface area contributed by atoms with Crippen LogP contribution in [0, 0.1) is 11.7 Å². The van der Waals surface area contributed by atoms with Crippen molar-refractivity contribution >= 4 is 5.91 Å². The summed E-state index contributed by atoms with van der Waals surface area (Å²) < 4.78 is 98.7. The molecule has 0 bridgehead atoms. The molecule has 196 valence electrons. The van der Waals surface area contributed by atoms with Gasteiger partial charge >= 0.3 is 12.4 Å². The van der Waals surface area contributed by atoms with E-state index >= 15 is 0 Å². The second kappa shape index (κ2) is 9.33. The molecule has 4 nitrogen and oxygen atoms in total. The summed E-state index contributed by atoms with van der Waals surface area (Å²) in [7, 11) is 0. The number of hydrogen-bond donors (Lipinski definition) is 2.